The monoisotopic (exact) mass is 219 g/mol. The second kappa shape index (κ2) is 3.79. The van der Waals surface area contributed by atoms with E-state index in [0.717, 1.165) is 35.8 Å². The SMILES string of the molecule is CCc1nc2cc(OCC3CO3)ccc2o1. The van der Waals surface area contributed by atoms with E-state index in [-0.39, 0.29) is 6.10 Å². The molecule has 4 nitrogen and oxygen atoms in total. The van der Waals surface area contributed by atoms with Crippen LogP contribution in [-0.4, -0.2) is 24.3 Å². The van der Waals surface area contributed by atoms with Crippen molar-refractivity contribution in [3.05, 3.63) is 24.1 Å². The Balaban J connectivity index is 1.82. The average molecular weight is 219 g/mol. The molecule has 2 heterocycles. The number of nitrogens with zero attached hydrogens (tertiary/aromatic N) is 1. The van der Waals surface area contributed by atoms with E-state index in [0.29, 0.717) is 6.61 Å². The smallest absolute Gasteiger partial charge is 0.195 e. The van der Waals surface area contributed by atoms with Gasteiger partial charge in [-0.05, 0) is 12.1 Å². The summed E-state index contributed by atoms with van der Waals surface area (Å²) in [4.78, 5) is 4.36. The van der Waals surface area contributed by atoms with Crippen molar-refractivity contribution in [2.24, 2.45) is 0 Å². The Morgan fingerprint density at radius 1 is 1.50 bits per heavy atom. The number of epoxide rings is 1. The van der Waals surface area contributed by atoms with Crippen molar-refractivity contribution in [2.45, 2.75) is 19.4 Å². The highest BCUT2D eigenvalue weighted by Gasteiger charge is 2.23. The van der Waals surface area contributed by atoms with Crippen LogP contribution in [0.1, 0.15) is 12.8 Å². The molecule has 0 amide bonds. The molecular weight excluding hydrogens is 206 g/mol. The number of ether oxygens (including phenoxy) is 2. The molecule has 3 rings (SSSR count). The topological polar surface area (TPSA) is 47.8 Å². The van der Waals surface area contributed by atoms with Gasteiger partial charge in [0, 0.05) is 12.5 Å². The van der Waals surface area contributed by atoms with Gasteiger partial charge in [0.05, 0.1) is 6.61 Å². The first-order valence-electron chi connectivity index (χ1n) is 5.49. The van der Waals surface area contributed by atoms with Crippen LogP contribution >= 0.6 is 0 Å². The standard InChI is InChI=1S/C12H13NO3/c1-2-12-13-10-5-8(3-4-11(10)16-12)14-6-9-7-15-9/h3-5,9H,2,6-7H2,1H3. The summed E-state index contributed by atoms with van der Waals surface area (Å²) >= 11 is 0. The Morgan fingerprint density at radius 3 is 3.12 bits per heavy atom. The third kappa shape index (κ3) is 1.88. The van der Waals surface area contributed by atoms with E-state index in [9.17, 15) is 0 Å². The molecule has 2 aromatic rings. The van der Waals surface area contributed by atoms with Gasteiger partial charge >= 0.3 is 0 Å². The van der Waals surface area contributed by atoms with Crippen molar-refractivity contribution in [3.63, 3.8) is 0 Å². The van der Waals surface area contributed by atoms with Gasteiger partial charge in [-0.25, -0.2) is 4.98 Å². The van der Waals surface area contributed by atoms with Gasteiger partial charge < -0.3 is 13.9 Å². The van der Waals surface area contributed by atoms with E-state index in [1.165, 1.54) is 0 Å². The highest BCUT2D eigenvalue weighted by Crippen LogP contribution is 2.22. The lowest BCUT2D eigenvalue weighted by Crippen LogP contribution is -2.03. The molecule has 1 aromatic carbocycles. The summed E-state index contributed by atoms with van der Waals surface area (Å²) in [6.07, 6.45) is 1.08. The number of benzene rings is 1. The van der Waals surface area contributed by atoms with E-state index >= 15 is 0 Å². The van der Waals surface area contributed by atoms with Crippen LogP contribution < -0.4 is 4.74 Å². The highest BCUT2D eigenvalue weighted by molar-refractivity contribution is 5.74. The predicted molar refractivity (Wildman–Crippen MR) is 58.6 cm³/mol. The van der Waals surface area contributed by atoms with Crippen LogP contribution in [0.4, 0.5) is 0 Å². The first-order chi connectivity index (χ1) is 7.85. The van der Waals surface area contributed by atoms with E-state index < -0.39 is 0 Å². The summed E-state index contributed by atoms with van der Waals surface area (Å²) in [5.41, 5.74) is 1.66. The summed E-state index contributed by atoms with van der Waals surface area (Å²) in [5.74, 6) is 1.58. The normalized spacial score (nSPS) is 18.9. The molecule has 1 atom stereocenters. The zero-order valence-corrected chi connectivity index (χ0v) is 9.10. The molecule has 16 heavy (non-hydrogen) atoms. The molecule has 0 saturated carbocycles. The number of fused-ring (bicyclic) bond motifs is 1. The number of hydrogen-bond acceptors (Lipinski definition) is 4. The van der Waals surface area contributed by atoms with Gasteiger partial charge in [-0.3, -0.25) is 0 Å². The third-order valence-electron chi connectivity index (χ3n) is 2.54. The fourth-order valence-electron chi connectivity index (χ4n) is 1.55. The minimum Gasteiger partial charge on any atom is -0.491 e. The molecule has 1 saturated heterocycles. The van der Waals surface area contributed by atoms with Crippen LogP contribution in [0, 0.1) is 0 Å². The molecule has 0 radical (unpaired) electrons. The number of rotatable bonds is 4. The van der Waals surface area contributed by atoms with Crippen LogP contribution in [0.5, 0.6) is 5.75 Å². The van der Waals surface area contributed by atoms with Gasteiger partial charge in [-0.1, -0.05) is 6.92 Å². The fraction of sp³-hybridized carbons (Fsp3) is 0.417. The van der Waals surface area contributed by atoms with Crippen molar-refractivity contribution in [1.82, 2.24) is 4.98 Å². The zero-order chi connectivity index (χ0) is 11.0. The third-order valence-corrected chi connectivity index (χ3v) is 2.54. The molecule has 1 aliphatic heterocycles. The minimum atomic E-state index is 0.277. The average Bonchev–Trinajstić information content (AvgIpc) is 3.04. The maximum Gasteiger partial charge on any atom is 0.195 e. The maximum atomic E-state index is 5.57. The van der Waals surface area contributed by atoms with Gasteiger partial charge in [-0.2, -0.15) is 0 Å². The van der Waals surface area contributed by atoms with Crippen molar-refractivity contribution in [1.29, 1.82) is 0 Å². The van der Waals surface area contributed by atoms with Crippen molar-refractivity contribution < 1.29 is 13.9 Å². The van der Waals surface area contributed by atoms with Gasteiger partial charge in [0.2, 0.25) is 0 Å². The maximum absolute atomic E-state index is 5.57. The van der Waals surface area contributed by atoms with Gasteiger partial charge in [0.25, 0.3) is 0 Å². The Labute approximate surface area is 93.2 Å². The second-order valence-corrected chi connectivity index (χ2v) is 3.86. The molecule has 1 aliphatic rings. The van der Waals surface area contributed by atoms with E-state index in [2.05, 4.69) is 4.98 Å². The molecule has 0 N–H and O–H groups in total. The molecule has 1 aromatic heterocycles. The lowest BCUT2D eigenvalue weighted by molar-refractivity contribution is 0.263. The highest BCUT2D eigenvalue weighted by atomic mass is 16.6. The van der Waals surface area contributed by atoms with Crippen molar-refractivity contribution >= 4 is 11.1 Å². The summed E-state index contributed by atoms with van der Waals surface area (Å²) in [6.45, 7) is 3.45. The lowest BCUT2D eigenvalue weighted by atomic mass is 10.3. The number of aryl methyl sites for hydroxylation is 1. The lowest BCUT2D eigenvalue weighted by Gasteiger charge is -2.02. The molecule has 0 spiro atoms. The summed E-state index contributed by atoms with van der Waals surface area (Å²) in [6, 6.07) is 5.69. The molecule has 0 aliphatic carbocycles. The Hall–Kier alpha value is -1.55. The summed E-state index contributed by atoms with van der Waals surface area (Å²) < 4.78 is 16.2. The fourth-order valence-corrected chi connectivity index (χ4v) is 1.55. The van der Waals surface area contributed by atoms with Crippen LogP contribution in [0.15, 0.2) is 22.6 Å². The summed E-state index contributed by atoms with van der Waals surface area (Å²) in [5, 5.41) is 0. The quantitative estimate of drug-likeness (QED) is 0.739. The Morgan fingerprint density at radius 2 is 2.38 bits per heavy atom. The number of aromatic nitrogens is 1. The zero-order valence-electron chi connectivity index (χ0n) is 9.10. The Kier molecular flexibility index (Phi) is 2.29. The van der Waals surface area contributed by atoms with E-state index in [1.807, 2.05) is 25.1 Å². The predicted octanol–water partition coefficient (Wildman–Crippen LogP) is 2.17. The van der Waals surface area contributed by atoms with Crippen LogP contribution in [0.2, 0.25) is 0 Å². The van der Waals surface area contributed by atoms with Crippen molar-refractivity contribution in [3.8, 4) is 5.75 Å². The number of hydrogen-bond donors (Lipinski definition) is 0. The second-order valence-electron chi connectivity index (χ2n) is 3.86. The summed E-state index contributed by atoms with van der Waals surface area (Å²) in [7, 11) is 0. The molecule has 84 valence electrons. The van der Waals surface area contributed by atoms with Crippen LogP contribution in [-0.2, 0) is 11.2 Å². The van der Waals surface area contributed by atoms with Crippen molar-refractivity contribution in [2.75, 3.05) is 13.2 Å². The molecular formula is C12H13NO3. The minimum absolute atomic E-state index is 0.277. The largest absolute Gasteiger partial charge is 0.491 e. The van der Waals surface area contributed by atoms with Crippen LogP contribution in [0.25, 0.3) is 11.1 Å². The molecule has 4 heteroatoms. The van der Waals surface area contributed by atoms with E-state index in [1.54, 1.807) is 0 Å². The number of oxazole rings is 1. The first kappa shape index (κ1) is 9.66. The van der Waals surface area contributed by atoms with E-state index in [4.69, 9.17) is 13.9 Å². The Bertz CT molecular complexity index is 502. The van der Waals surface area contributed by atoms with Gasteiger partial charge in [0.1, 0.15) is 24.0 Å². The van der Waals surface area contributed by atoms with Gasteiger partial charge in [0.15, 0.2) is 11.5 Å². The molecule has 1 unspecified atom stereocenters. The molecule has 0 bridgehead atoms. The van der Waals surface area contributed by atoms with Gasteiger partial charge in [-0.15, -0.1) is 0 Å². The molecule has 1 fully saturated rings. The van der Waals surface area contributed by atoms with Crippen LogP contribution in [0.3, 0.4) is 0 Å². The first-order valence-corrected chi connectivity index (χ1v) is 5.49.